The third-order valence-corrected chi connectivity index (χ3v) is 8.17. The van der Waals surface area contributed by atoms with E-state index in [0.29, 0.717) is 24.3 Å². The Morgan fingerprint density at radius 1 is 1.05 bits per heavy atom. The Hall–Kier alpha value is -3.92. The summed E-state index contributed by atoms with van der Waals surface area (Å²) in [7, 11) is 0. The van der Waals surface area contributed by atoms with E-state index in [4.69, 9.17) is 4.74 Å². The predicted molar refractivity (Wildman–Crippen MR) is 157 cm³/mol. The van der Waals surface area contributed by atoms with Gasteiger partial charge in [-0.2, -0.15) is 0 Å². The van der Waals surface area contributed by atoms with E-state index >= 15 is 0 Å². The summed E-state index contributed by atoms with van der Waals surface area (Å²) in [6.07, 6.45) is 7.31. The Morgan fingerprint density at radius 3 is 2.63 bits per heavy atom. The molecule has 1 aromatic heterocycles. The number of ether oxygens (including phenoxy) is 1. The Morgan fingerprint density at radius 2 is 1.88 bits per heavy atom. The second-order valence-corrected chi connectivity index (χ2v) is 11.0. The average molecular weight is 572 g/mol. The second kappa shape index (κ2) is 13.6. The molecule has 0 saturated carbocycles. The van der Waals surface area contributed by atoms with Gasteiger partial charge in [0.05, 0.1) is 32.1 Å². The summed E-state index contributed by atoms with van der Waals surface area (Å²) >= 11 is 1.57. The standard InChI is InChI=1S/C32H33N3O5S/c36-18-24(19-37)34-32(39)23-8-4-9-25(16-23)41-20-28-26-10-5-11-29(38)27(26)12-13-30(28)40-31(17-35-15-14-33-21-35)22-6-2-1-3-7-22/h1-4,6-9,12-16,21,24,31,36-37H,5,10-11,17-20H2,(H,34,39). The number of nitrogens with zero attached hydrogens (tertiary/aromatic N) is 2. The smallest absolute Gasteiger partial charge is 0.251 e. The van der Waals surface area contributed by atoms with Gasteiger partial charge in [-0.3, -0.25) is 9.59 Å². The highest BCUT2D eigenvalue weighted by Crippen LogP contribution is 2.38. The maximum absolute atomic E-state index is 12.8. The molecule has 1 aliphatic carbocycles. The summed E-state index contributed by atoms with van der Waals surface area (Å²) in [5.41, 5.74) is 4.26. The second-order valence-electron chi connectivity index (χ2n) is 9.97. The van der Waals surface area contributed by atoms with Crippen LogP contribution in [-0.2, 0) is 18.7 Å². The van der Waals surface area contributed by atoms with Gasteiger partial charge in [-0.1, -0.05) is 36.4 Å². The van der Waals surface area contributed by atoms with E-state index in [-0.39, 0.29) is 31.0 Å². The molecule has 3 aromatic carbocycles. The van der Waals surface area contributed by atoms with Crippen molar-refractivity contribution >= 4 is 23.5 Å². The first-order valence-electron chi connectivity index (χ1n) is 13.7. The van der Waals surface area contributed by atoms with E-state index in [2.05, 4.69) is 10.3 Å². The van der Waals surface area contributed by atoms with Crippen molar-refractivity contribution in [3.8, 4) is 5.75 Å². The average Bonchev–Trinajstić information content (AvgIpc) is 3.52. The Labute approximate surface area is 243 Å². The summed E-state index contributed by atoms with van der Waals surface area (Å²) in [4.78, 5) is 30.5. The number of nitrogens with one attached hydrogen (secondary N) is 1. The molecule has 0 saturated heterocycles. The molecule has 8 nitrogen and oxygen atoms in total. The van der Waals surface area contributed by atoms with Gasteiger partial charge in [0.15, 0.2) is 5.78 Å². The van der Waals surface area contributed by atoms with E-state index < -0.39 is 6.04 Å². The molecule has 4 aromatic rings. The Kier molecular flexibility index (Phi) is 9.51. The zero-order chi connectivity index (χ0) is 28.6. The highest BCUT2D eigenvalue weighted by atomic mass is 32.2. The van der Waals surface area contributed by atoms with Gasteiger partial charge in [-0.15, -0.1) is 11.8 Å². The van der Waals surface area contributed by atoms with Gasteiger partial charge in [0.1, 0.15) is 11.9 Å². The molecule has 212 valence electrons. The number of thioether (sulfide) groups is 1. The van der Waals surface area contributed by atoms with Gasteiger partial charge in [0.25, 0.3) is 5.91 Å². The molecule has 1 heterocycles. The number of carbonyl (C=O) groups is 2. The predicted octanol–water partition coefficient (Wildman–Crippen LogP) is 4.60. The van der Waals surface area contributed by atoms with Crippen LogP contribution in [0.5, 0.6) is 5.75 Å². The summed E-state index contributed by atoms with van der Waals surface area (Å²) in [5, 5.41) is 21.3. The van der Waals surface area contributed by atoms with Crippen LogP contribution in [-0.4, -0.2) is 50.7 Å². The van der Waals surface area contributed by atoms with E-state index in [1.165, 1.54) is 0 Å². The summed E-state index contributed by atoms with van der Waals surface area (Å²) in [5.74, 6) is 1.09. The number of ketones is 1. The van der Waals surface area contributed by atoms with Crippen molar-refractivity contribution in [3.05, 3.63) is 113 Å². The minimum atomic E-state index is -0.716. The van der Waals surface area contributed by atoms with Crippen molar-refractivity contribution in [1.82, 2.24) is 14.9 Å². The molecule has 0 aliphatic heterocycles. The van der Waals surface area contributed by atoms with Crippen LogP contribution < -0.4 is 10.1 Å². The molecular formula is C32H33N3O5S. The van der Waals surface area contributed by atoms with Crippen LogP contribution in [0.4, 0.5) is 0 Å². The maximum Gasteiger partial charge on any atom is 0.251 e. The topological polar surface area (TPSA) is 114 Å². The molecule has 0 bridgehead atoms. The minimum absolute atomic E-state index is 0.156. The van der Waals surface area contributed by atoms with Crippen molar-refractivity contribution in [1.29, 1.82) is 0 Å². The minimum Gasteiger partial charge on any atom is -0.484 e. The number of fused-ring (bicyclic) bond motifs is 1. The first kappa shape index (κ1) is 28.6. The summed E-state index contributed by atoms with van der Waals surface area (Å²) in [6, 6.07) is 20.4. The molecule has 1 aliphatic rings. The first-order valence-corrected chi connectivity index (χ1v) is 14.6. The van der Waals surface area contributed by atoms with Crippen molar-refractivity contribution in [2.75, 3.05) is 13.2 Å². The molecule has 1 unspecified atom stereocenters. The lowest BCUT2D eigenvalue weighted by molar-refractivity contribution is 0.0878. The van der Waals surface area contributed by atoms with Gasteiger partial charge >= 0.3 is 0 Å². The lowest BCUT2D eigenvalue weighted by Gasteiger charge is -2.25. The van der Waals surface area contributed by atoms with Crippen LogP contribution in [0.3, 0.4) is 0 Å². The number of aliphatic hydroxyl groups is 2. The van der Waals surface area contributed by atoms with E-state index in [1.807, 2.05) is 65.4 Å². The van der Waals surface area contributed by atoms with Crippen LogP contribution in [0.25, 0.3) is 0 Å². The zero-order valence-corrected chi connectivity index (χ0v) is 23.4. The van der Waals surface area contributed by atoms with Crippen LogP contribution in [0.2, 0.25) is 0 Å². The Bertz CT molecular complexity index is 1470. The highest BCUT2D eigenvalue weighted by molar-refractivity contribution is 7.98. The Balaban J connectivity index is 1.43. The first-order chi connectivity index (χ1) is 20.1. The summed E-state index contributed by atoms with van der Waals surface area (Å²) < 4.78 is 8.73. The van der Waals surface area contributed by atoms with E-state index in [1.54, 1.807) is 36.4 Å². The summed E-state index contributed by atoms with van der Waals surface area (Å²) in [6.45, 7) is -0.114. The fourth-order valence-electron chi connectivity index (χ4n) is 4.97. The fourth-order valence-corrected chi connectivity index (χ4v) is 5.98. The van der Waals surface area contributed by atoms with Crippen molar-refractivity contribution in [2.45, 2.75) is 48.6 Å². The van der Waals surface area contributed by atoms with Gasteiger partial charge in [0, 0.05) is 46.2 Å². The quantitative estimate of drug-likeness (QED) is 0.213. The van der Waals surface area contributed by atoms with Crippen molar-refractivity contribution in [3.63, 3.8) is 0 Å². The fraction of sp³-hybridized carbons (Fsp3) is 0.281. The molecule has 3 N–H and O–H groups in total. The molecule has 1 atom stereocenters. The third kappa shape index (κ3) is 7.05. The lowest BCUT2D eigenvalue weighted by atomic mass is 9.87. The largest absolute Gasteiger partial charge is 0.484 e. The van der Waals surface area contributed by atoms with Crippen molar-refractivity contribution in [2.24, 2.45) is 0 Å². The third-order valence-electron chi connectivity index (χ3n) is 7.15. The molecule has 9 heteroatoms. The van der Waals surface area contributed by atoms with Crippen LogP contribution in [0, 0.1) is 0 Å². The molecule has 41 heavy (non-hydrogen) atoms. The van der Waals surface area contributed by atoms with Crippen LogP contribution >= 0.6 is 11.8 Å². The number of Topliss-reactive ketones (excluding diaryl/α,β-unsaturated/α-hetero) is 1. The maximum atomic E-state index is 12.8. The molecule has 5 rings (SSSR count). The number of rotatable bonds is 12. The SMILES string of the molecule is O=C(NC(CO)CO)c1cccc(SCc2c(OC(Cn3ccnc3)c3ccccc3)ccc3c2CCCC3=O)c1. The lowest BCUT2D eigenvalue weighted by Crippen LogP contribution is -2.40. The number of imidazole rings is 1. The number of aliphatic hydroxyl groups excluding tert-OH is 2. The van der Waals surface area contributed by atoms with Crippen molar-refractivity contribution < 1.29 is 24.5 Å². The van der Waals surface area contributed by atoms with Gasteiger partial charge < -0.3 is 24.8 Å². The number of aromatic nitrogens is 2. The number of hydrogen-bond acceptors (Lipinski definition) is 7. The highest BCUT2D eigenvalue weighted by Gasteiger charge is 2.25. The normalized spacial score (nSPS) is 13.6. The number of hydrogen-bond donors (Lipinski definition) is 3. The number of benzene rings is 3. The van der Waals surface area contributed by atoms with Gasteiger partial charge in [-0.25, -0.2) is 4.98 Å². The molecule has 0 spiro atoms. The van der Waals surface area contributed by atoms with Crippen LogP contribution in [0.15, 0.2) is 90.3 Å². The number of amides is 1. The molecule has 0 radical (unpaired) electrons. The molecule has 1 amide bonds. The van der Waals surface area contributed by atoms with Gasteiger partial charge in [-0.05, 0) is 54.3 Å². The van der Waals surface area contributed by atoms with Gasteiger partial charge in [0.2, 0.25) is 0 Å². The van der Waals surface area contributed by atoms with E-state index in [0.717, 1.165) is 45.7 Å². The van der Waals surface area contributed by atoms with Crippen LogP contribution in [0.1, 0.15) is 56.4 Å². The monoisotopic (exact) mass is 571 g/mol. The molecular weight excluding hydrogens is 538 g/mol. The van der Waals surface area contributed by atoms with E-state index in [9.17, 15) is 19.8 Å². The molecule has 0 fully saturated rings. The zero-order valence-electron chi connectivity index (χ0n) is 22.6. The number of carbonyl (C=O) groups excluding carboxylic acids is 2.